The largest absolute Gasteiger partial charge is 0.323 e. The van der Waals surface area contributed by atoms with Crippen molar-refractivity contribution in [2.45, 2.75) is 32.4 Å². The number of hydrogen-bond donors (Lipinski definition) is 1. The van der Waals surface area contributed by atoms with Crippen LogP contribution in [0, 0.1) is 6.92 Å². The molecule has 2 N–H and O–H groups in total. The van der Waals surface area contributed by atoms with Gasteiger partial charge in [-0.1, -0.05) is 13.0 Å². The van der Waals surface area contributed by atoms with Crippen LogP contribution in [-0.4, -0.2) is 28.5 Å². The van der Waals surface area contributed by atoms with Gasteiger partial charge < -0.3 is 5.73 Å². The molecule has 0 spiro atoms. The van der Waals surface area contributed by atoms with Gasteiger partial charge in [0, 0.05) is 37.6 Å². The third-order valence-corrected chi connectivity index (χ3v) is 3.12. The third-order valence-electron chi connectivity index (χ3n) is 3.12. The summed E-state index contributed by atoms with van der Waals surface area (Å²) in [6.45, 7) is 7.24. The van der Waals surface area contributed by atoms with Gasteiger partial charge in [-0.25, -0.2) is 0 Å². The zero-order chi connectivity index (χ0) is 10.9. The fraction of sp³-hybridized carbons (Fsp3) is 0.583. The van der Waals surface area contributed by atoms with E-state index >= 15 is 0 Å². The van der Waals surface area contributed by atoms with Gasteiger partial charge in [0.25, 0.3) is 0 Å². The van der Waals surface area contributed by atoms with Gasteiger partial charge in [0.15, 0.2) is 0 Å². The summed E-state index contributed by atoms with van der Waals surface area (Å²) in [5.41, 5.74) is 8.70. The zero-order valence-corrected chi connectivity index (χ0v) is 9.53. The Hall–Kier alpha value is -0.930. The highest BCUT2D eigenvalue weighted by molar-refractivity contribution is 5.17. The second-order valence-corrected chi connectivity index (χ2v) is 4.73. The molecule has 2 rings (SSSR count). The van der Waals surface area contributed by atoms with Crippen molar-refractivity contribution in [1.29, 1.82) is 0 Å². The lowest BCUT2D eigenvalue weighted by molar-refractivity contribution is 0.0606. The fourth-order valence-electron chi connectivity index (χ4n) is 2.14. The first kappa shape index (κ1) is 10.6. The smallest absolute Gasteiger partial charge is 0.0410 e. The molecule has 3 nitrogen and oxygen atoms in total. The van der Waals surface area contributed by atoms with E-state index in [-0.39, 0.29) is 5.54 Å². The van der Waals surface area contributed by atoms with E-state index in [2.05, 4.69) is 29.8 Å². The molecule has 82 valence electrons. The zero-order valence-electron chi connectivity index (χ0n) is 9.53. The molecule has 1 aromatic rings. The van der Waals surface area contributed by atoms with Crippen molar-refractivity contribution in [1.82, 2.24) is 9.88 Å². The van der Waals surface area contributed by atoms with Gasteiger partial charge in [-0.2, -0.15) is 0 Å². The average molecular weight is 205 g/mol. The number of aryl methyl sites for hydroxylation is 1. The van der Waals surface area contributed by atoms with E-state index in [1.807, 2.05) is 12.4 Å². The molecule has 0 aliphatic carbocycles. The molecule has 0 bridgehead atoms. The second-order valence-electron chi connectivity index (χ2n) is 4.73. The Balaban J connectivity index is 1.90. The van der Waals surface area contributed by atoms with Crippen LogP contribution < -0.4 is 5.73 Å². The topological polar surface area (TPSA) is 42.1 Å². The van der Waals surface area contributed by atoms with Crippen LogP contribution in [0.1, 0.15) is 24.5 Å². The van der Waals surface area contributed by atoms with Gasteiger partial charge in [0.05, 0.1) is 0 Å². The molecular weight excluding hydrogens is 186 g/mol. The Morgan fingerprint density at radius 1 is 1.47 bits per heavy atom. The number of hydrogen-bond acceptors (Lipinski definition) is 3. The van der Waals surface area contributed by atoms with Crippen LogP contribution in [0.25, 0.3) is 0 Å². The molecule has 1 saturated heterocycles. The molecule has 3 heteroatoms. The summed E-state index contributed by atoms with van der Waals surface area (Å²) in [6.07, 6.45) is 4.89. The van der Waals surface area contributed by atoms with E-state index in [9.17, 15) is 0 Å². The van der Waals surface area contributed by atoms with Crippen LogP contribution in [0.3, 0.4) is 0 Å². The van der Waals surface area contributed by atoms with E-state index in [1.54, 1.807) is 0 Å². The van der Waals surface area contributed by atoms with Crippen molar-refractivity contribution in [2.24, 2.45) is 5.73 Å². The lowest BCUT2D eigenvalue weighted by Gasteiger charge is -2.47. The van der Waals surface area contributed by atoms with E-state index in [4.69, 9.17) is 5.73 Å². The summed E-state index contributed by atoms with van der Waals surface area (Å²) < 4.78 is 0. The Morgan fingerprint density at radius 2 is 2.20 bits per heavy atom. The maximum absolute atomic E-state index is 6.12. The molecule has 1 fully saturated rings. The van der Waals surface area contributed by atoms with Gasteiger partial charge >= 0.3 is 0 Å². The molecule has 1 aliphatic heterocycles. The number of rotatable bonds is 3. The lowest BCUT2D eigenvalue weighted by atomic mass is 9.88. The predicted octanol–water partition coefficient (Wildman–Crippen LogP) is 1.31. The summed E-state index contributed by atoms with van der Waals surface area (Å²) in [6, 6.07) is 2.19. The normalized spacial score (nSPS) is 19.9. The minimum absolute atomic E-state index is 0.0667. The summed E-state index contributed by atoms with van der Waals surface area (Å²) in [4.78, 5) is 6.57. The monoisotopic (exact) mass is 205 g/mol. The van der Waals surface area contributed by atoms with E-state index in [0.717, 1.165) is 26.1 Å². The Morgan fingerprint density at radius 3 is 2.80 bits per heavy atom. The van der Waals surface area contributed by atoms with Crippen LogP contribution in [-0.2, 0) is 6.54 Å². The number of pyridine rings is 1. The molecule has 1 aromatic heterocycles. The summed E-state index contributed by atoms with van der Waals surface area (Å²) >= 11 is 0. The highest BCUT2D eigenvalue weighted by Gasteiger charge is 2.37. The van der Waals surface area contributed by atoms with Crippen molar-refractivity contribution in [3.05, 3.63) is 29.6 Å². The van der Waals surface area contributed by atoms with Crippen molar-refractivity contribution >= 4 is 0 Å². The van der Waals surface area contributed by atoms with Crippen molar-refractivity contribution in [3.63, 3.8) is 0 Å². The molecular formula is C12H19N3. The molecule has 0 radical (unpaired) electrons. The summed E-state index contributed by atoms with van der Waals surface area (Å²) in [7, 11) is 0. The van der Waals surface area contributed by atoms with Gasteiger partial charge in [0.1, 0.15) is 0 Å². The minimum atomic E-state index is 0.0667. The maximum atomic E-state index is 6.12. The average Bonchev–Trinajstić information content (AvgIpc) is 2.15. The number of nitrogens with zero attached hydrogens (tertiary/aromatic N) is 2. The van der Waals surface area contributed by atoms with Crippen molar-refractivity contribution in [3.8, 4) is 0 Å². The number of likely N-dealkylation sites (tertiary alicyclic amines) is 1. The second kappa shape index (κ2) is 3.91. The Bertz CT molecular complexity index is 342. The highest BCUT2D eigenvalue weighted by Crippen LogP contribution is 2.23. The van der Waals surface area contributed by atoms with Gasteiger partial charge in [-0.05, 0) is 24.5 Å². The molecule has 0 atom stereocenters. The molecule has 0 aromatic carbocycles. The minimum Gasteiger partial charge on any atom is -0.323 e. The quantitative estimate of drug-likeness (QED) is 0.809. The van der Waals surface area contributed by atoms with E-state index < -0.39 is 0 Å². The first-order chi connectivity index (χ1) is 7.11. The molecule has 15 heavy (non-hydrogen) atoms. The Kier molecular flexibility index (Phi) is 2.76. The van der Waals surface area contributed by atoms with Gasteiger partial charge in [-0.3, -0.25) is 9.88 Å². The highest BCUT2D eigenvalue weighted by atomic mass is 15.2. The molecule has 0 saturated carbocycles. The van der Waals surface area contributed by atoms with Crippen molar-refractivity contribution < 1.29 is 0 Å². The molecule has 1 aliphatic rings. The summed E-state index contributed by atoms with van der Waals surface area (Å²) in [5, 5.41) is 0. The van der Waals surface area contributed by atoms with Crippen LogP contribution in [0.15, 0.2) is 18.5 Å². The molecule has 2 heterocycles. The SMILES string of the molecule is CCC1(N)CN(Cc2cncc(C)c2)C1. The van der Waals surface area contributed by atoms with Gasteiger partial charge in [-0.15, -0.1) is 0 Å². The third kappa shape index (κ3) is 2.36. The fourth-order valence-corrected chi connectivity index (χ4v) is 2.14. The molecule has 0 unspecified atom stereocenters. The summed E-state index contributed by atoms with van der Waals surface area (Å²) in [5.74, 6) is 0. The van der Waals surface area contributed by atoms with Gasteiger partial charge in [0.2, 0.25) is 0 Å². The first-order valence-electron chi connectivity index (χ1n) is 5.53. The number of nitrogens with two attached hydrogens (primary N) is 1. The lowest BCUT2D eigenvalue weighted by Crippen LogP contribution is -2.66. The van der Waals surface area contributed by atoms with Crippen LogP contribution in [0.2, 0.25) is 0 Å². The predicted molar refractivity (Wildman–Crippen MR) is 61.5 cm³/mol. The number of aromatic nitrogens is 1. The first-order valence-corrected chi connectivity index (χ1v) is 5.53. The maximum Gasteiger partial charge on any atom is 0.0410 e. The van der Waals surface area contributed by atoms with Crippen LogP contribution in [0.4, 0.5) is 0 Å². The van der Waals surface area contributed by atoms with Crippen LogP contribution >= 0.6 is 0 Å². The van der Waals surface area contributed by atoms with Crippen LogP contribution in [0.5, 0.6) is 0 Å². The van der Waals surface area contributed by atoms with Crippen molar-refractivity contribution in [2.75, 3.05) is 13.1 Å². The Labute approximate surface area is 91.3 Å². The standard InChI is InChI=1S/C12H19N3/c1-3-12(13)8-15(9-12)7-11-4-10(2)5-14-6-11/h4-6H,3,7-9,13H2,1-2H3. The van der Waals surface area contributed by atoms with E-state index in [0.29, 0.717) is 0 Å². The van der Waals surface area contributed by atoms with E-state index in [1.165, 1.54) is 11.1 Å². The molecule has 0 amide bonds.